The van der Waals surface area contributed by atoms with Gasteiger partial charge in [-0.05, 0) is 37.4 Å². The maximum atomic E-state index is 5.64. The fourth-order valence-corrected chi connectivity index (χ4v) is 2.58. The first kappa shape index (κ1) is 13.2. The van der Waals surface area contributed by atoms with Crippen molar-refractivity contribution in [3.63, 3.8) is 0 Å². The third-order valence-electron chi connectivity index (χ3n) is 3.17. The molecule has 2 rings (SSSR count). The smallest absolute Gasteiger partial charge is 0.0955 e. The molecule has 0 aliphatic carbocycles. The molecule has 0 fully saturated rings. The van der Waals surface area contributed by atoms with Gasteiger partial charge >= 0.3 is 0 Å². The second-order valence-corrected chi connectivity index (χ2v) is 5.19. The Morgan fingerprint density at radius 1 is 1.28 bits per heavy atom. The lowest BCUT2D eigenvalue weighted by molar-refractivity contribution is 0.706. The molecule has 0 unspecified atom stereocenters. The van der Waals surface area contributed by atoms with Gasteiger partial charge in [-0.2, -0.15) is 5.10 Å². The lowest BCUT2D eigenvalue weighted by atomic mass is 10.1. The average Bonchev–Trinajstić information content (AvgIpc) is 2.67. The SMILES string of the molecule is CSc1ccc(-c2nn(C)c(CCN)c2C)cc1. The molecule has 0 radical (unpaired) electrons. The molecule has 1 heterocycles. The van der Waals surface area contributed by atoms with Crippen LogP contribution in [0.5, 0.6) is 0 Å². The molecule has 0 aliphatic heterocycles. The molecular weight excluding hydrogens is 242 g/mol. The summed E-state index contributed by atoms with van der Waals surface area (Å²) >= 11 is 1.75. The normalized spacial score (nSPS) is 10.9. The van der Waals surface area contributed by atoms with Gasteiger partial charge in [-0.25, -0.2) is 0 Å². The lowest BCUT2D eigenvalue weighted by Crippen LogP contribution is -2.08. The maximum Gasteiger partial charge on any atom is 0.0955 e. The lowest BCUT2D eigenvalue weighted by Gasteiger charge is -2.01. The van der Waals surface area contributed by atoms with Gasteiger partial charge in [0.15, 0.2) is 0 Å². The highest BCUT2D eigenvalue weighted by molar-refractivity contribution is 7.98. The molecule has 0 atom stereocenters. The number of aryl methyl sites for hydroxylation is 1. The van der Waals surface area contributed by atoms with Gasteiger partial charge in [0.2, 0.25) is 0 Å². The highest BCUT2D eigenvalue weighted by Gasteiger charge is 2.12. The van der Waals surface area contributed by atoms with E-state index in [2.05, 4.69) is 42.5 Å². The van der Waals surface area contributed by atoms with Gasteiger partial charge in [-0.1, -0.05) is 12.1 Å². The van der Waals surface area contributed by atoms with E-state index in [9.17, 15) is 0 Å². The van der Waals surface area contributed by atoms with E-state index in [0.717, 1.165) is 12.1 Å². The van der Waals surface area contributed by atoms with E-state index in [1.807, 2.05) is 11.7 Å². The number of nitrogens with two attached hydrogens (primary N) is 1. The van der Waals surface area contributed by atoms with Crippen LogP contribution in [0.3, 0.4) is 0 Å². The summed E-state index contributed by atoms with van der Waals surface area (Å²) in [6.07, 6.45) is 2.96. The molecule has 0 spiro atoms. The number of benzene rings is 1. The van der Waals surface area contributed by atoms with Crippen LogP contribution < -0.4 is 5.73 Å². The topological polar surface area (TPSA) is 43.8 Å². The van der Waals surface area contributed by atoms with Crippen molar-refractivity contribution in [1.82, 2.24) is 9.78 Å². The van der Waals surface area contributed by atoms with Crippen LogP contribution in [0.25, 0.3) is 11.3 Å². The zero-order valence-electron chi connectivity index (χ0n) is 11.1. The van der Waals surface area contributed by atoms with Crippen molar-refractivity contribution in [2.45, 2.75) is 18.2 Å². The minimum Gasteiger partial charge on any atom is -0.330 e. The van der Waals surface area contributed by atoms with Gasteiger partial charge in [0.05, 0.1) is 5.69 Å². The third kappa shape index (κ3) is 2.44. The summed E-state index contributed by atoms with van der Waals surface area (Å²) in [4.78, 5) is 1.27. The predicted molar refractivity (Wildman–Crippen MR) is 77.9 cm³/mol. The molecular formula is C14H19N3S. The molecule has 0 aliphatic rings. The van der Waals surface area contributed by atoms with Crippen LogP contribution in [-0.2, 0) is 13.5 Å². The van der Waals surface area contributed by atoms with Gasteiger partial charge in [0, 0.05) is 29.6 Å². The summed E-state index contributed by atoms with van der Waals surface area (Å²) < 4.78 is 1.94. The summed E-state index contributed by atoms with van der Waals surface area (Å²) in [5, 5.41) is 4.61. The van der Waals surface area contributed by atoms with E-state index in [4.69, 9.17) is 5.73 Å². The van der Waals surface area contributed by atoms with Crippen LogP contribution in [0.2, 0.25) is 0 Å². The van der Waals surface area contributed by atoms with Crippen LogP contribution in [0, 0.1) is 6.92 Å². The molecule has 0 saturated carbocycles. The van der Waals surface area contributed by atoms with Gasteiger partial charge in [-0.3, -0.25) is 4.68 Å². The quantitative estimate of drug-likeness (QED) is 0.860. The zero-order chi connectivity index (χ0) is 13.1. The van der Waals surface area contributed by atoms with Crippen molar-refractivity contribution >= 4 is 11.8 Å². The standard InChI is InChI=1S/C14H19N3S/c1-10-13(8-9-15)17(2)16-14(10)11-4-6-12(18-3)7-5-11/h4-7H,8-9,15H2,1-3H3. The molecule has 4 heteroatoms. The van der Waals surface area contributed by atoms with E-state index < -0.39 is 0 Å². The summed E-state index contributed by atoms with van der Waals surface area (Å²) in [7, 11) is 1.98. The van der Waals surface area contributed by atoms with Crippen molar-refractivity contribution in [2.75, 3.05) is 12.8 Å². The number of hydrogen-bond donors (Lipinski definition) is 1. The van der Waals surface area contributed by atoms with Crippen molar-refractivity contribution in [2.24, 2.45) is 12.8 Å². The molecule has 1 aromatic heterocycles. The maximum absolute atomic E-state index is 5.64. The van der Waals surface area contributed by atoms with Crippen LogP contribution >= 0.6 is 11.8 Å². The number of rotatable bonds is 4. The first-order valence-corrected chi connectivity index (χ1v) is 7.26. The van der Waals surface area contributed by atoms with E-state index in [1.165, 1.54) is 21.7 Å². The molecule has 1 aromatic carbocycles. The number of hydrogen-bond acceptors (Lipinski definition) is 3. The van der Waals surface area contributed by atoms with Crippen LogP contribution in [-0.4, -0.2) is 22.6 Å². The summed E-state index contributed by atoms with van der Waals surface area (Å²) in [6, 6.07) is 8.54. The fraction of sp³-hybridized carbons (Fsp3) is 0.357. The van der Waals surface area contributed by atoms with E-state index >= 15 is 0 Å². The fourth-order valence-electron chi connectivity index (χ4n) is 2.17. The van der Waals surface area contributed by atoms with Crippen molar-refractivity contribution in [3.8, 4) is 11.3 Å². The first-order chi connectivity index (χ1) is 8.67. The molecule has 0 bridgehead atoms. The van der Waals surface area contributed by atoms with E-state index in [-0.39, 0.29) is 0 Å². The Kier molecular flexibility index (Phi) is 4.09. The summed E-state index contributed by atoms with van der Waals surface area (Å²) in [6.45, 7) is 2.78. The average molecular weight is 261 g/mol. The van der Waals surface area contributed by atoms with Gasteiger partial charge in [-0.15, -0.1) is 11.8 Å². The minimum absolute atomic E-state index is 0.658. The zero-order valence-corrected chi connectivity index (χ0v) is 11.9. The molecule has 3 nitrogen and oxygen atoms in total. The second-order valence-electron chi connectivity index (χ2n) is 4.31. The van der Waals surface area contributed by atoms with Crippen molar-refractivity contribution in [1.29, 1.82) is 0 Å². The highest BCUT2D eigenvalue weighted by Crippen LogP contribution is 2.26. The van der Waals surface area contributed by atoms with Crippen molar-refractivity contribution in [3.05, 3.63) is 35.5 Å². The Labute approximate surface area is 112 Å². The van der Waals surface area contributed by atoms with Gasteiger partial charge < -0.3 is 5.73 Å². The van der Waals surface area contributed by atoms with Crippen LogP contribution in [0.15, 0.2) is 29.2 Å². The Hall–Kier alpha value is -1.26. The Bertz CT molecular complexity index is 529. The molecule has 96 valence electrons. The summed E-state index contributed by atoms with van der Waals surface area (Å²) in [5.74, 6) is 0. The molecule has 18 heavy (non-hydrogen) atoms. The Morgan fingerprint density at radius 2 is 1.94 bits per heavy atom. The van der Waals surface area contributed by atoms with Crippen LogP contribution in [0.1, 0.15) is 11.3 Å². The van der Waals surface area contributed by atoms with Crippen molar-refractivity contribution < 1.29 is 0 Å². The Morgan fingerprint density at radius 3 is 2.50 bits per heavy atom. The molecule has 0 amide bonds. The van der Waals surface area contributed by atoms with E-state index in [1.54, 1.807) is 11.8 Å². The monoisotopic (exact) mass is 261 g/mol. The minimum atomic E-state index is 0.658. The molecule has 2 N–H and O–H groups in total. The largest absolute Gasteiger partial charge is 0.330 e. The molecule has 2 aromatic rings. The summed E-state index contributed by atoms with van der Waals surface area (Å²) in [5.41, 5.74) is 10.3. The van der Waals surface area contributed by atoms with Gasteiger partial charge in [0.25, 0.3) is 0 Å². The number of thioether (sulfide) groups is 1. The highest BCUT2D eigenvalue weighted by atomic mass is 32.2. The third-order valence-corrected chi connectivity index (χ3v) is 3.92. The van der Waals surface area contributed by atoms with E-state index in [0.29, 0.717) is 6.54 Å². The predicted octanol–water partition coefficient (Wildman–Crippen LogP) is 2.62. The number of aromatic nitrogens is 2. The van der Waals surface area contributed by atoms with Gasteiger partial charge in [0.1, 0.15) is 0 Å². The molecule has 0 saturated heterocycles. The number of nitrogens with zero attached hydrogens (tertiary/aromatic N) is 2. The van der Waals surface area contributed by atoms with Crippen LogP contribution in [0.4, 0.5) is 0 Å². The second kappa shape index (κ2) is 5.59. The Balaban J connectivity index is 2.40. The first-order valence-electron chi connectivity index (χ1n) is 6.04.